The Labute approximate surface area is 215 Å². The lowest BCUT2D eigenvalue weighted by molar-refractivity contribution is 0.0528. The minimum Gasteiger partial charge on any atom is -0.444 e. The second-order valence-corrected chi connectivity index (χ2v) is 9.58. The Morgan fingerprint density at radius 2 is 1.81 bits per heavy atom. The molecule has 4 rings (SSSR count). The van der Waals surface area contributed by atoms with E-state index in [-0.39, 0.29) is 0 Å². The monoisotopic (exact) mass is 505 g/mol. The van der Waals surface area contributed by atoms with Crippen LogP contribution in [0.5, 0.6) is 11.6 Å². The van der Waals surface area contributed by atoms with Gasteiger partial charge in [-0.25, -0.2) is 14.5 Å². The van der Waals surface area contributed by atoms with Crippen LogP contribution < -0.4 is 10.1 Å². The second kappa shape index (κ2) is 10.8. The van der Waals surface area contributed by atoms with Crippen LogP contribution >= 0.6 is 11.6 Å². The summed E-state index contributed by atoms with van der Waals surface area (Å²) in [5.41, 5.74) is 3.62. The van der Waals surface area contributed by atoms with Gasteiger partial charge >= 0.3 is 6.09 Å². The van der Waals surface area contributed by atoms with Crippen molar-refractivity contribution in [2.75, 3.05) is 6.54 Å². The number of aromatic nitrogens is 4. The van der Waals surface area contributed by atoms with Crippen LogP contribution in [0.4, 0.5) is 4.79 Å². The van der Waals surface area contributed by atoms with E-state index in [9.17, 15) is 4.79 Å². The largest absolute Gasteiger partial charge is 0.444 e. The van der Waals surface area contributed by atoms with Crippen molar-refractivity contribution in [3.63, 3.8) is 0 Å². The Morgan fingerprint density at radius 1 is 1.03 bits per heavy atom. The zero-order chi connectivity index (χ0) is 25.7. The first-order valence-electron chi connectivity index (χ1n) is 11.5. The Hall–Kier alpha value is -3.91. The predicted molar refractivity (Wildman–Crippen MR) is 139 cm³/mol. The molecule has 1 N–H and O–H groups in total. The van der Waals surface area contributed by atoms with Gasteiger partial charge < -0.3 is 14.8 Å². The fraction of sp³-hybridized carbons (Fsp3) is 0.259. The lowest BCUT2D eigenvalue weighted by Crippen LogP contribution is -2.33. The number of hydrogen-bond acceptors (Lipinski definition) is 6. The molecular formula is C27H28ClN5O3. The predicted octanol–water partition coefficient (Wildman–Crippen LogP) is 6.06. The number of carbonyl (C=O) groups is 1. The lowest BCUT2D eigenvalue weighted by Gasteiger charge is -2.19. The smallest absolute Gasteiger partial charge is 0.407 e. The van der Waals surface area contributed by atoms with E-state index < -0.39 is 11.7 Å². The average molecular weight is 506 g/mol. The summed E-state index contributed by atoms with van der Waals surface area (Å²) in [6, 6.07) is 17.3. The molecule has 0 fully saturated rings. The molecule has 9 heteroatoms. The van der Waals surface area contributed by atoms with Gasteiger partial charge in [0.05, 0.1) is 17.0 Å². The molecule has 0 aliphatic heterocycles. The number of nitrogens with one attached hydrogen (secondary N) is 1. The van der Waals surface area contributed by atoms with Crippen LogP contribution in [0.1, 0.15) is 26.3 Å². The van der Waals surface area contributed by atoms with E-state index in [2.05, 4.69) is 20.4 Å². The topological polar surface area (TPSA) is 91.2 Å². The Bertz CT molecular complexity index is 1330. The van der Waals surface area contributed by atoms with Crippen molar-refractivity contribution < 1.29 is 14.3 Å². The van der Waals surface area contributed by atoms with Gasteiger partial charge in [0.25, 0.3) is 0 Å². The third kappa shape index (κ3) is 6.60. The van der Waals surface area contributed by atoms with Gasteiger partial charge in [-0.3, -0.25) is 4.98 Å². The van der Waals surface area contributed by atoms with Crippen LogP contribution in [0.2, 0.25) is 5.15 Å². The fourth-order valence-corrected chi connectivity index (χ4v) is 3.60. The summed E-state index contributed by atoms with van der Waals surface area (Å²) >= 11 is 6.18. The minimum atomic E-state index is -0.529. The van der Waals surface area contributed by atoms with Gasteiger partial charge in [0.15, 0.2) is 0 Å². The maximum atomic E-state index is 11.8. The number of hydrogen-bond donors (Lipinski definition) is 1. The average Bonchev–Trinajstić information content (AvgIpc) is 3.19. The van der Waals surface area contributed by atoms with Gasteiger partial charge in [-0.05, 0) is 38.8 Å². The molecule has 3 aromatic heterocycles. The van der Waals surface area contributed by atoms with Crippen LogP contribution in [0.15, 0.2) is 67.0 Å². The number of benzene rings is 1. The van der Waals surface area contributed by atoms with Crippen molar-refractivity contribution in [1.29, 1.82) is 0 Å². The van der Waals surface area contributed by atoms with Crippen molar-refractivity contribution in [1.82, 2.24) is 25.1 Å². The minimum absolute atomic E-state index is 0.309. The van der Waals surface area contributed by atoms with E-state index in [4.69, 9.17) is 21.1 Å². The van der Waals surface area contributed by atoms with Gasteiger partial charge in [0.1, 0.15) is 16.5 Å². The molecule has 3 heterocycles. The summed E-state index contributed by atoms with van der Waals surface area (Å²) in [4.78, 5) is 20.6. The van der Waals surface area contributed by atoms with Gasteiger partial charge in [-0.15, -0.1) is 0 Å². The number of alkyl carbamates (subject to hydrolysis) is 1. The van der Waals surface area contributed by atoms with E-state index >= 15 is 0 Å². The number of nitrogens with zero attached hydrogens (tertiary/aromatic N) is 4. The molecule has 0 radical (unpaired) electrons. The third-order valence-electron chi connectivity index (χ3n) is 5.14. The summed E-state index contributed by atoms with van der Waals surface area (Å²) in [6.07, 6.45) is 3.58. The number of halogens is 1. The standard InChI is InChI=1S/C27H28ClN5O3/c1-27(2,3)36-26(34)29-13-12-18-10-11-21(30-16-18)20-17-31-24(28)15-23(20)35-25-14-22(32-33(25)4)19-8-6-5-7-9-19/h5-11,14-17H,12-13H2,1-4H3,(H,29,34). The van der Waals surface area contributed by atoms with Crippen molar-refractivity contribution in [3.8, 4) is 34.1 Å². The molecular weight excluding hydrogens is 478 g/mol. The number of pyridine rings is 2. The zero-order valence-corrected chi connectivity index (χ0v) is 21.4. The van der Waals surface area contributed by atoms with Gasteiger partial charge in [0.2, 0.25) is 5.88 Å². The van der Waals surface area contributed by atoms with Crippen LogP contribution in [-0.4, -0.2) is 38.0 Å². The lowest BCUT2D eigenvalue weighted by atomic mass is 10.1. The molecule has 8 nitrogen and oxygen atoms in total. The van der Waals surface area contributed by atoms with Crippen molar-refractivity contribution >= 4 is 17.7 Å². The van der Waals surface area contributed by atoms with E-state index in [1.165, 1.54) is 0 Å². The Balaban J connectivity index is 1.48. The number of rotatable bonds is 7. The maximum absolute atomic E-state index is 11.8. The van der Waals surface area contributed by atoms with Crippen molar-refractivity contribution in [2.24, 2.45) is 7.05 Å². The second-order valence-electron chi connectivity index (χ2n) is 9.19. The Morgan fingerprint density at radius 3 is 2.50 bits per heavy atom. The molecule has 0 aliphatic carbocycles. The summed E-state index contributed by atoms with van der Waals surface area (Å²) in [5, 5.41) is 7.63. The molecule has 0 bridgehead atoms. The quantitative estimate of drug-likeness (QED) is 0.307. The van der Waals surface area contributed by atoms with Gasteiger partial charge in [-0.1, -0.05) is 48.0 Å². The highest BCUT2D eigenvalue weighted by atomic mass is 35.5. The maximum Gasteiger partial charge on any atom is 0.407 e. The van der Waals surface area contributed by atoms with Crippen LogP contribution in [-0.2, 0) is 18.2 Å². The molecule has 186 valence electrons. The molecule has 0 unspecified atom stereocenters. The summed E-state index contributed by atoms with van der Waals surface area (Å²) < 4.78 is 13.1. The molecule has 1 amide bonds. The molecule has 1 aromatic carbocycles. The fourth-order valence-electron chi connectivity index (χ4n) is 3.45. The van der Waals surface area contributed by atoms with Crippen LogP contribution in [0.25, 0.3) is 22.5 Å². The van der Waals surface area contributed by atoms with Gasteiger partial charge in [-0.2, -0.15) is 5.10 Å². The normalized spacial score (nSPS) is 11.2. The van der Waals surface area contributed by atoms with E-state index in [1.807, 2.05) is 76.3 Å². The van der Waals surface area contributed by atoms with E-state index in [0.29, 0.717) is 41.0 Å². The van der Waals surface area contributed by atoms with Crippen molar-refractivity contribution in [3.05, 3.63) is 77.7 Å². The summed E-state index contributed by atoms with van der Waals surface area (Å²) in [7, 11) is 1.82. The highest BCUT2D eigenvalue weighted by molar-refractivity contribution is 6.29. The van der Waals surface area contributed by atoms with Crippen LogP contribution in [0.3, 0.4) is 0 Å². The molecule has 0 saturated heterocycles. The summed E-state index contributed by atoms with van der Waals surface area (Å²) in [5.74, 6) is 1.08. The number of amides is 1. The highest BCUT2D eigenvalue weighted by Gasteiger charge is 2.16. The summed E-state index contributed by atoms with van der Waals surface area (Å²) in [6.45, 7) is 5.93. The number of ether oxygens (including phenoxy) is 2. The molecule has 36 heavy (non-hydrogen) atoms. The first-order chi connectivity index (χ1) is 17.2. The molecule has 4 aromatic rings. The number of carbonyl (C=O) groups excluding carboxylic acids is 1. The van der Waals surface area contributed by atoms with Gasteiger partial charge in [0, 0.05) is 43.7 Å². The molecule has 0 atom stereocenters. The van der Waals surface area contributed by atoms with Crippen LogP contribution in [0, 0.1) is 0 Å². The van der Waals surface area contributed by atoms with E-state index in [1.54, 1.807) is 23.1 Å². The SMILES string of the molecule is Cn1nc(-c2ccccc2)cc1Oc1cc(Cl)ncc1-c1ccc(CCNC(=O)OC(C)(C)C)cn1. The van der Waals surface area contributed by atoms with Crippen molar-refractivity contribution in [2.45, 2.75) is 32.8 Å². The highest BCUT2D eigenvalue weighted by Crippen LogP contribution is 2.34. The molecule has 0 saturated carbocycles. The molecule has 0 spiro atoms. The Kier molecular flexibility index (Phi) is 7.55. The first kappa shape index (κ1) is 25.2. The third-order valence-corrected chi connectivity index (χ3v) is 5.34. The van der Waals surface area contributed by atoms with E-state index in [0.717, 1.165) is 16.8 Å². The molecule has 0 aliphatic rings. The first-order valence-corrected chi connectivity index (χ1v) is 11.9. The zero-order valence-electron chi connectivity index (χ0n) is 20.7. The number of aryl methyl sites for hydroxylation is 1.